The average Bonchev–Trinajstić information content (AvgIpc) is 3.30. The van der Waals surface area contributed by atoms with Gasteiger partial charge in [-0.15, -0.1) is 0 Å². The molecule has 15 heteroatoms. The van der Waals surface area contributed by atoms with E-state index in [0.717, 1.165) is 102 Å². The third kappa shape index (κ3) is 34.1. The van der Waals surface area contributed by atoms with Crippen LogP contribution in [-0.2, 0) is 0 Å². The molecular formula is C50H85N3O12. The van der Waals surface area contributed by atoms with Crippen molar-refractivity contribution in [2.45, 2.75) is 89.9 Å². The molecule has 0 radical (unpaired) electrons. The van der Waals surface area contributed by atoms with E-state index < -0.39 is 0 Å². The first-order valence-corrected chi connectivity index (χ1v) is 23.9. The molecule has 3 aromatic rings. The molecule has 0 saturated carbocycles. The van der Waals surface area contributed by atoms with Crippen molar-refractivity contribution in [1.82, 2.24) is 14.7 Å². The van der Waals surface area contributed by atoms with Gasteiger partial charge in [-0.25, -0.2) is 0 Å². The fourth-order valence-electron chi connectivity index (χ4n) is 6.81. The van der Waals surface area contributed by atoms with Crippen LogP contribution in [-0.4, -0.2) is 179 Å². The second kappa shape index (κ2) is 42.7. The Kier molecular flexibility index (Phi) is 38.9. The Hall–Kier alpha value is -3.90. The molecule has 0 saturated heterocycles. The fraction of sp³-hybridized carbons (Fsp3) is 0.640. The lowest BCUT2D eigenvalue weighted by Gasteiger charge is -2.19. The molecule has 0 spiro atoms. The Morgan fingerprint density at radius 1 is 0.308 bits per heavy atom. The van der Waals surface area contributed by atoms with Crippen molar-refractivity contribution in [3.63, 3.8) is 0 Å². The molecular weight excluding hydrogens is 835 g/mol. The zero-order chi connectivity index (χ0) is 47.4. The molecule has 3 aromatic carbocycles. The predicted octanol–water partition coefficient (Wildman–Crippen LogP) is 5.63. The van der Waals surface area contributed by atoms with Crippen LogP contribution >= 0.6 is 0 Å². The molecule has 372 valence electrons. The Labute approximate surface area is 389 Å². The van der Waals surface area contributed by atoms with Gasteiger partial charge in [0.05, 0.1) is 59.5 Å². The summed E-state index contributed by atoms with van der Waals surface area (Å²) in [5.74, 6) is 2.81. The standard InChI is InChI=1S/C18H31NO4.2C16H27NO4/c20-14-12-19(13-15-21)11-5-3-1-2-4-6-16-23-18-9-7-17(22)8-10-18;18-12-10-17(11-13-19)9-5-1-2-6-14-21-16-8-4-3-7-15(16)20;18-12-10-17(11-13-19)9-3-1-2-4-14-21-16-7-5-15(20)6-8-16/h7-10,20-22H,1-6,11-16H2;3-4,7-8,18-20H,1-2,5-6,9-14H2;5-8,18-20H,1-4,9-14H2. The van der Waals surface area contributed by atoms with Crippen LogP contribution in [0.25, 0.3) is 0 Å². The number of ether oxygens (including phenoxy) is 3. The molecule has 0 fully saturated rings. The molecule has 0 amide bonds. The van der Waals surface area contributed by atoms with Gasteiger partial charge in [0.25, 0.3) is 0 Å². The number of phenols is 3. The molecule has 0 atom stereocenters. The summed E-state index contributed by atoms with van der Waals surface area (Å²) in [4.78, 5) is 6.25. The van der Waals surface area contributed by atoms with Crippen LogP contribution in [0.1, 0.15) is 89.9 Å². The van der Waals surface area contributed by atoms with Gasteiger partial charge in [0, 0.05) is 39.3 Å². The maximum absolute atomic E-state index is 9.54. The Morgan fingerprint density at radius 3 is 0.923 bits per heavy atom. The van der Waals surface area contributed by atoms with Crippen molar-refractivity contribution >= 4 is 0 Å². The minimum Gasteiger partial charge on any atom is -0.508 e. The first-order valence-electron chi connectivity index (χ1n) is 23.9. The number of unbranched alkanes of at least 4 members (excludes halogenated alkanes) is 11. The largest absolute Gasteiger partial charge is 0.508 e. The highest BCUT2D eigenvalue weighted by Crippen LogP contribution is 2.24. The van der Waals surface area contributed by atoms with Crippen LogP contribution in [0.4, 0.5) is 0 Å². The number of hydrogen-bond donors (Lipinski definition) is 9. The number of rotatable bonds is 38. The topological polar surface area (TPSA) is 219 Å². The third-order valence-electron chi connectivity index (χ3n) is 10.4. The van der Waals surface area contributed by atoms with E-state index >= 15 is 0 Å². The number of benzene rings is 3. The van der Waals surface area contributed by atoms with Gasteiger partial charge < -0.3 is 60.2 Å². The van der Waals surface area contributed by atoms with E-state index in [9.17, 15) is 10.2 Å². The van der Waals surface area contributed by atoms with E-state index in [4.69, 9.17) is 50.0 Å². The normalized spacial score (nSPS) is 11.0. The van der Waals surface area contributed by atoms with Crippen molar-refractivity contribution in [1.29, 1.82) is 0 Å². The number of para-hydroxylation sites is 2. The van der Waals surface area contributed by atoms with Crippen molar-refractivity contribution in [3.05, 3.63) is 72.8 Å². The van der Waals surface area contributed by atoms with Crippen LogP contribution in [0.3, 0.4) is 0 Å². The van der Waals surface area contributed by atoms with Crippen LogP contribution < -0.4 is 14.2 Å². The van der Waals surface area contributed by atoms with Gasteiger partial charge >= 0.3 is 0 Å². The Morgan fingerprint density at radius 2 is 0.600 bits per heavy atom. The Bertz CT molecular complexity index is 1440. The first kappa shape index (κ1) is 59.1. The summed E-state index contributed by atoms with van der Waals surface area (Å²) in [6.07, 6.45) is 15.4. The quantitative estimate of drug-likeness (QED) is 0.0318. The minimum atomic E-state index is 0.133. The highest BCUT2D eigenvalue weighted by atomic mass is 16.5. The number of nitrogens with zero attached hydrogens (tertiary/aromatic N) is 3. The molecule has 0 bridgehead atoms. The van der Waals surface area contributed by atoms with E-state index in [-0.39, 0.29) is 56.9 Å². The maximum Gasteiger partial charge on any atom is 0.160 e. The molecule has 0 aliphatic rings. The number of phenolic OH excluding ortho intramolecular Hbond substituents is 3. The molecule has 0 aliphatic carbocycles. The molecule has 15 nitrogen and oxygen atoms in total. The van der Waals surface area contributed by atoms with Gasteiger partial charge in [-0.05, 0) is 119 Å². The van der Waals surface area contributed by atoms with Gasteiger partial charge in [0.15, 0.2) is 11.5 Å². The summed E-state index contributed by atoms with van der Waals surface area (Å²) in [5, 5.41) is 81.4. The summed E-state index contributed by atoms with van der Waals surface area (Å²) in [7, 11) is 0. The van der Waals surface area contributed by atoms with Gasteiger partial charge in [-0.1, -0.05) is 63.5 Å². The summed E-state index contributed by atoms with van der Waals surface area (Å²) in [6.45, 7) is 9.42. The second-order valence-electron chi connectivity index (χ2n) is 15.8. The lowest BCUT2D eigenvalue weighted by Crippen LogP contribution is -2.30. The SMILES string of the molecule is OCCN(CCO)CCCCCCCCOc1ccc(O)cc1.OCCN(CCO)CCCCCCOc1ccc(O)cc1.OCCN(CCO)CCCCCCOc1ccccc1O. The summed E-state index contributed by atoms with van der Waals surface area (Å²) >= 11 is 0. The number of aliphatic hydroxyl groups excluding tert-OH is 6. The van der Waals surface area contributed by atoms with Gasteiger partial charge in [-0.2, -0.15) is 0 Å². The van der Waals surface area contributed by atoms with Crippen LogP contribution in [0.15, 0.2) is 72.8 Å². The minimum absolute atomic E-state index is 0.133. The zero-order valence-electron chi connectivity index (χ0n) is 39.1. The van der Waals surface area contributed by atoms with Crippen LogP contribution in [0, 0.1) is 0 Å². The molecule has 9 N–H and O–H groups in total. The highest BCUT2D eigenvalue weighted by Gasteiger charge is 2.06. The van der Waals surface area contributed by atoms with Crippen molar-refractivity contribution < 1.29 is 60.2 Å². The van der Waals surface area contributed by atoms with E-state index in [2.05, 4.69) is 14.7 Å². The van der Waals surface area contributed by atoms with Crippen molar-refractivity contribution in [3.8, 4) is 34.5 Å². The number of hydrogen-bond acceptors (Lipinski definition) is 15. The lowest BCUT2D eigenvalue weighted by molar-refractivity contribution is 0.158. The predicted molar refractivity (Wildman–Crippen MR) is 257 cm³/mol. The molecule has 0 aliphatic heterocycles. The molecule has 0 heterocycles. The van der Waals surface area contributed by atoms with E-state index in [1.165, 1.54) is 19.3 Å². The third-order valence-corrected chi connectivity index (χ3v) is 10.4. The number of aromatic hydroxyl groups is 3. The monoisotopic (exact) mass is 920 g/mol. The summed E-state index contributed by atoms with van der Waals surface area (Å²) in [5.41, 5.74) is 0. The summed E-state index contributed by atoms with van der Waals surface area (Å²) < 4.78 is 16.7. The zero-order valence-corrected chi connectivity index (χ0v) is 39.1. The molecule has 65 heavy (non-hydrogen) atoms. The fourth-order valence-corrected chi connectivity index (χ4v) is 6.81. The summed E-state index contributed by atoms with van der Waals surface area (Å²) in [6, 6.07) is 20.6. The van der Waals surface area contributed by atoms with E-state index in [1.54, 1.807) is 66.7 Å². The Balaban J connectivity index is 0.000000488. The second-order valence-corrected chi connectivity index (χ2v) is 15.8. The van der Waals surface area contributed by atoms with Gasteiger partial charge in [0.2, 0.25) is 0 Å². The van der Waals surface area contributed by atoms with Gasteiger partial charge in [-0.3, -0.25) is 14.7 Å². The van der Waals surface area contributed by atoms with E-state index in [1.807, 2.05) is 6.07 Å². The van der Waals surface area contributed by atoms with Crippen molar-refractivity contribution in [2.24, 2.45) is 0 Å². The molecule has 3 rings (SSSR count). The number of aliphatic hydroxyl groups is 6. The lowest BCUT2D eigenvalue weighted by atomic mass is 10.1. The van der Waals surface area contributed by atoms with Crippen molar-refractivity contribution in [2.75, 3.05) is 118 Å². The van der Waals surface area contributed by atoms with E-state index in [0.29, 0.717) is 64.8 Å². The van der Waals surface area contributed by atoms with Crippen LogP contribution in [0.2, 0.25) is 0 Å². The first-order chi connectivity index (χ1) is 31.8. The highest BCUT2D eigenvalue weighted by molar-refractivity contribution is 5.37. The smallest absolute Gasteiger partial charge is 0.160 e. The molecule has 0 aromatic heterocycles. The van der Waals surface area contributed by atoms with Gasteiger partial charge in [0.1, 0.15) is 23.0 Å². The maximum atomic E-state index is 9.54. The average molecular weight is 920 g/mol. The van der Waals surface area contributed by atoms with Crippen LogP contribution in [0.5, 0.6) is 34.5 Å². The molecule has 0 unspecified atom stereocenters.